The molecule has 0 radical (unpaired) electrons. The first-order valence-corrected chi connectivity index (χ1v) is 6.00. The molecule has 0 saturated carbocycles. The van der Waals surface area contributed by atoms with Crippen molar-refractivity contribution in [2.75, 3.05) is 38.4 Å². The number of nitrogens with zero attached hydrogens (tertiary/aromatic N) is 1. The SMILES string of the molecule is COCCN(C)C1Cc2cc(N)ccc2NC1=O. The molecule has 1 heterocycles. The van der Waals surface area contributed by atoms with Crippen LogP contribution in [0.25, 0.3) is 0 Å². The Bertz CT molecular complexity index is 448. The highest BCUT2D eigenvalue weighted by molar-refractivity contribution is 5.98. The van der Waals surface area contributed by atoms with E-state index in [9.17, 15) is 4.79 Å². The van der Waals surface area contributed by atoms with Gasteiger partial charge in [-0.2, -0.15) is 0 Å². The second-order valence-electron chi connectivity index (χ2n) is 4.60. The van der Waals surface area contributed by atoms with Gasteiger partial charge in [-0.25, -0.2) is 0 Å². The molecule has 1 aromatic rings. The van der Waals surface area contributed by atoms with Crippen molar-refractivity contribution < 1.29 is 9.53 Å². The average molecular weight is 249 g/mol. The van der Waals surface area contributed by atoms with Gasteiger partial charge in [0.05, 0.1) is 12.6 Å². The number of fused-ring (bicyclic) bond motifs is 1. The molecule has 1 atom stereocenters. The van der Waals surface area contributed by atoms with Crippen LogP contribution in [-0.2, 0) is 16.0 Å². The van der Waals surface area contributed by atoms with E-state index in [4.69, 9.17) is 10.5 Å². The Morgan fingerprint density at radius 3 is 3.06 bits per heavy atom. The van der Waals surface area contributed by atoms with E-state index < -0.39 is 0 Å². The number of hydrogen-bond donors (Lipinski definition) is 2. The van der Waals surface area contributed by atoms with Crippen molar-refractivity contribution in [1.82, 2.24) is 4.90 Å². The van der Waals surface area contributed by atoms with Gasteiger partial charge in [-0.15, -0.1) is 0 Å². The van der Waals surface area contributed by atoms with Crippen LogP contribution in [0.5, 0.6) is 0 Å². The van der Waals surface area contributed by atoms with E-state index in [1.54, 1.807) is 13.2 Å². The van der Waals surface area contributed by atoms with Gasteiger partial charge in [-0.1, -0.05) is 0 Å². The Kier molecular flexibility index (Phi) is 3.84. The molecular weight excluding hydrogens is 230 g/mol. The zero-order valence-corrected chi connectivity index (χ0v) is 10.8. The molecule has 0 spiro atoms. The van der Waals surface area contributed by atoms with Crippen LogP contribution >= 0.6 is 0 Å². The largest absolute Gasteiger partial charge is 0.399 e. The molecule has 1 aliphatic rings. The van der Waals surface area contributed by atoms with E-state index >= 15 is 0 Å². The number of carbonyl (C=O) groups excluding carboxylic acids is 1. The van der Waals surface area contributed by atoms with Gasteiger partial charge < -0.3 is 15.8 Å². The molecule has 3 N–H and O–H groups in total. The van der Waals surface area contributed by atoms with Crippen molar-refractivity contribution in [3.63, 3.8) is 0 Å². The van der Waals surface area contributed by atoms with Crippen LogP contribution in [0.4, 0.5) is 11.4 Å². The molecule has 5 heteroatoms. The maximum Gasteiger partial charge on any atom is 0.242 e. The number of nitrogens with two attached hydrogens (primary N) is 1. The normalized spacial score (nSPS) is 18.6. The molecule has 0 saturated heterocycles. The summed E-state index contributed by atoms with van der Waals surface area (Å²) in [7, 11) is 3.59. The van der Waals surface area contributed by atoms with Gasteiger partial charge >= 0.3 is 0 Å². The first kappa shape index (κ1) is 12.9. The Hall–Kier alpha value is -1.59. The number of rotatable bonds is 4. The third kappa shape index (κ3) is 2.63. The Labute approximate surface area is 107 Å². The molecule has 18 heavy (non-hydrogen) atoms. The van der Waals surface area contributed by atoms with Gasteiger partial charge in [0.25, 0.3) is 0 Å². The van der Waals surface area contributed by atoms with Crippen LogP contribution in [0.2, 0.25) is 0 Å². The topological polar surface area (TPSA) is 67.6 Å². The van der Waals surface area contributed by atoms with Crippen molar-refractivity contribution >= 4 is 17.3 Å². The number of nitrogens with one attached hydrogen (secondary N) is 1. The van der Waals surface area contributed by atoms with E-state index in [2.05, 4.69) is 5.32 Å². The lowest BCUT2D eigenvalue weighted by atomic mass is 9.97. The number of likely N-dealkylation sites (N-methyl/N-ethyl adjacent to an activating group) is 1. The molecular formula is C13H19N3O2. The highest BCUT2D eigenvalue weighted by Gasteiger charge is 2.29. The quantitative estimate of drug-likeness (QED) is 0.771. The lowest BCUT2D eigenvalue weighted by Crippen LogP contribution is -2.47. The number of carbonyl (C=O) groups is 1. The first-order valence-electron chi connectivity index (χ1n) is 6.00. The fourth-order valence-corrected chi connectivity index (χ4v) is 2.17. The number of amides is 1. The minimum atomic E-state index is -0.158. The van der Waals surface area contributed by atoms with Crippen molar-refractivity contribution in [2.45, 2.75) is 12.5 Å². The standard InChI is InChI=1S/C13H19N3O2/c1-16(5-6-18-2)12-8-9-7-10(14)3-4-11(9)15-13(12)17/h3-4,7,12H,5-6,8,14H2,1-2H3,(H,15,17). The number of hydrogen-bond acceptors (Lipinski definition) is 4. The number of anilines is 2. The van der Waals surface area contributed by atoms with E-state index in [-0.39, 0.29) is 11.9 Å². The van der Waals surface area contributed by atoms with Gasteiger partial charge in [0.2, 0.25) is 5.91 Å². The summed E-state index contributed by atoms with van der Waals surface area (Å²) in [6.45, 7) is 1.34. The van der Waals surface area contributed by atoms with Crippen LogP contribution in [0.15, 0.2) is 18.2 Å². The van der Waals surface area contributed by atoms with Gasteiger partial charge in [0.15, 0.2) is 0 Å². The predicted molar refractivity (Wildman–Crippen MR) is 71.5 cm³/mol. The molecule has 1 aliphatic heterocycles. The van der Waals surface area contributed by atoms with Gasteiger partial charge in [0.1, 0.15) is 0 Å². The average Bonchev–Trinajstić information content (AvgIpc) is 2.35. The summed E-state index contributed by atoms with van der Waals surface area (Å²) < 4.78 is 5.03. The molecule has 1 unspecified atom stereocenters. The molecule has 2 rings (SSSR count). The van der Waals surface area contributed by atoms with Crippen LogP contribution < -0.4 is 11.1 Å². The fourth-order valence-electron chi connectivity index (χ4n) is 2.17. The van der Waals surface area contributed by atoms with E-state index in [0.29, 0.717) is 13.0 Å². The lowest BCUT2D eigenvalue weighted by molar-refractivity contribution is -0.121. The molecule has 1 aromatic carbocycles. The van der Waals surface area contributed by atoms with E-state index in [1.807, 2.05) is 24.1 Å². The maximum atomic E-state index is 12.0. The maximum absolute atomic E-state index is 12.0. The molecule has 5 nitrogen and oxygen atoms in total. The zero-order valence-electron chi connectivity index (χ0n) is 10.8. The summed E-state index contributed by atoms with van der Waals surface area (Å²) in [5.41, 5.74) is 8.45. The van der Waals surface area contributed by atoms with Crippen LogP contribution in [0.1, 0.15) is 5.56 Å². The smallest absolute Gasteiger partial charge is 0.242 e. The first-order chi connectivity index (χ1) is 8.61. The third-order valence-corrected chi connectivity index (χ3v) is 3.28. The second-order valence-corrected chi connectivity index (χ2v) is 4.60. The zero-order chi connectivity index (χ0) is 13.1. The monoisotopic (exact) mass is 249 g/mol. The highest BCUT2D eigenvalue weighted by atomic mass is 16.5. The summed E-state index contributed by atoms with van der Waals surface area (Å²) in [5.74, 6) is 0.0332. The third-order valence-electron chi connectivity index (χ3n) is 3.28. The van der Waals surface area contributed by atoms with Gasteiger partial charge in [-0.05, 0) is 37.2 Å². The number of benzene rings is 1. The summed E-state index contributed by atoms with van der Waals surface area (Å²) in [5, 5.41) is 2.92. The molecule has 0 aromatic heterocycles. The number of ether oxygens (including phenoxy) is 1. The van der Waals surface area contributed by atoms with Crippen molar-refractivity contribution in [1.29, 1.82) is 0 Å². The lowest BCUT2D eigenvalue weighted by Gasteiger charge is -2.31. The summed E-state index contributed by atoms with van der Waals surface area (Å²) >= 11 is 0. The van der Waals surface area contributed by atoms with Gasteiger partial charge in [0, 0.05) is 25.0 Å². The minimum absolute atomic E-state index is 0.0332. The summed E-state index contributed by atoms with van der Waals surface area (Å²) in [6, 6.07) is 5.42. The summed E-state index contributed by atoms with van der Waals surface area (Å²) in [4.78, 5) is 14.0. The predicted octanol–water partition coefficient (Wildman–Crippen LogP) is 0.710. The molecule has 0 aliphatic carbocycles. The Balaban J connectivity index is 2.14. The molecule has 1 amide bonds. The van der Waals surface area contributed by atoms with E-state index in [0.717, 1.165) is 23.5 Å². The molecule has 0 fully saturated rings. The summed E-state index contributed by atoms with van der Waals surface area (Å²) in [6.07, 6.45) is 0.687. The van der Waals surface area contributed by atoms with E-state index in [1.165, 1.54) is 0 Å². The molecule has 0 bridgehead atoms. The van der Waals surface area contributed by atoms with Crippen LogP contribution in [-0.4, -0.2) is 44.2 Å². The highest BCUT2D eigenvalue weighted by Crippen LogP contribution is 2.26. The molecule has 98 valence electrons. The van der Waals surface area contributed by atoms with Crippen LogP contribution in [0.3, 0.4) is 0 Å². The second kappa shape index (κ2) is 5.37. The van der Waals surface area contributed by atoms with Crippen molar-refractivity contribution in [3.8, 4) is 0 Å². The number of nitrogen functional groups attached to an aromatic ring is 1. The fraction of sp³-hybridized carbons (Fsp3) is 0.462. The van der Waals surface area contributed by atoms with Crippen molar-refractivity contribution in [3.05, 3.63) is 23.8 Å². The van der Waals surface area contributed by atoms with Crippen molar-refractivity contribution in [2.24, 2.45) is 0 Å². The number of methoxy groups -OCH3 is 1. The minimum Gasteiger partial charge on any atom is -0.399 e. The van der Waals surface area contributed by atoms with Crippen LogP contribution in [0, 0.1) is 0 Å². The van der Waals surface area contributed by atoms with Gasteiger partial charge in [-0.3, -0.25) is 9.69 Å². The Morgan fingerprint density at radius 1 is 1.56 bits per heavy atom. The Morgan fingerprint density at radius 2 is 2.33 bits per heavy atom.